The summed E-state index contributed by atoms with van der Waals surface area (Å²) < 4.78 is 0. The van der Waals surface area contributed by atoms with Crippen molar-refractivity contribution in [3.05, 3.63) is 0 Å². The Morgan fingerprint density at radius 2 is 2.24 bits per heavy atom. The molecule has 1 aliphatic heterocycles. The molecule has 6 heteroatoms. The van der Waals surface area contributed by atoms with E-state index in [2.05, 4.69) is 10.6 Å². The lowest BCUT2D eigenvalue weighted by Crippen LogP contribution is -2.47. The predicted octanol–water partition coefficient (Wildman–Crippen LogP) is 0.307. The standard InChI is InChI=1S/C11H20N2O3S/c1-7(2)10(11(15)16)13-9(14)5-8-6-17-4-3-12-8/h7-8,10,12H,3-6H2,1-2H3,(H,13,14)(H,15,16). The van der Waals surface area contributed by atoms with E-state index < -0.39 is 12.0 Å². The molecular weight excluding hydrogens is 240 g/mol. The Balaban J connectivity index is 2.38. The largest absolute Gasteiger partial charge is 0.480 e. The Morgan fingerprint density at radius 1 is 1.53 bits per heavy atom. The Kier molecular flexibility index (Phi) is 5.77. The molecule has 17 heavy (non-hydrogen) atoms. The summed E-state index contributed by atoms with van der Waals surface area (Å²) in [5.74, 6) is 0.713. The lowest BCUT2D eigenvalue weighted by Gasteiger charge is -2.24. The number of hydrogen-bond acceptors (Lipinski definition) is 4. The minimum absolute atomic E-state index is 0.106. The van der Waals surface area contributed by atoms with Crippen molar-refractivity contribution in [1.82, 2.24) is 10.6 Å². The average Bonchev–Trinajstić information content (AvgIpc) is 2.26. The summed E-state index contributed by atoms with van der Waals surface area (Å²) in [6.45, 7) is 4.48. The van der Waals surface area contributed by atoms with Crippen molar-refractivity contribution in [1.29, 1.82) is 0 Å². The number of carboxylic acids is 1. The molecule has 0 bridgehead atoms. The van der Waals surface area contributed by atoms with Gasteiger partial charge in [-0.25, -0.2) is 4.79 Å². The van der Waals surface area contributed by atoms with Crippen LogP contribution in [0.15, 0.2) is 0 Å². The summed E-state index contributed by atoms with van der Waals surface area (Å²) in [7, 11) is 0. The van der Waals surface area contributed by atoms with Gasteiger partial charge in [-0.05, 0) is 5.92 Å². The van der Waals surface area contributed by atoms with Gasteiger partial charge in [0, 0.05) is 30.5 Å². The topological polar surface area (TPSA) is 78.4 Å². The Hall–Kier alpha value is -0.750. The second-order valence-electron chi connectivity index (χ2n) is 4.56. The first-order chi connectivity index (χ1) is 8.00. The van der Waals surface area contributed by atoms with Crippen molar-refractivity contribution in [2.24, 2.45) is 5.92 Å². The molecular formula is C11H20N2O3S. The van der Waals surface area contributed by atoms with Gasteiger partial charge in [0.1, 0.15) is 6.04 Å². The highest BCUT2D eigenvalue weighted by atomic mass is 32.2. The van der Waals surface area contributed by atoms with Gasteiger partial charge < -0.3 is 15.7 Å². The molecule has 98 valence electrons. The van der Waals surface area contributed by atoms with Crippen molar-refractivity contribution in [2.45, 2.75) is 32.4 Å². The van der Waals surface area contributed by atoms with E-state index in [0.29, 0.717) is 6.42 Å². The van der Waals surface area contributed by atoms with Crippen molar-refractivity contribution in [3.8, 4) is 0 Å². The first-order valence-corrected chi connectivity index (χ1v) is 6.99. The maximum Gasteiger partial charge on any atom is 0.326 e. The van der Waals surface area contributed by atoms with Crippen LogP contribution in [0.3, 0.4) is 0 Å². The Morgan fingerprint density at radius 3 is 2.71 bits per heavy atom. The SMILES string of the molecule is CC(C)C(NC(=O)CC1CSCCN1)C(=O)O. The van der Waals surface area contributed by atoms with Gasteiger partial charge in [-0.3, -0.25) is 4.79 Å². The van der Waals surface area contributed by atoms with Crippen LogP contribution in [0.1, 0.15) is 20.3 Å². The molecule has 3 N–H and O–H groups in total. The zero-order valence-electron chi connectivity index (χ0n) is 10.2. The van der Waals surface area contributed by atoms with E-state index in [4.69, 9.17) is 5.11 Å². The predicted molar refractivity (Wildman–Crippen MR) is 68.1 cm³/mol. The first-order valence-electron chi connectivity index (χ1n) is 5.84. The van der Waals surface area contributed by atoms with Gasteiger partial charge in [0.05, 0.1) is 0 Å². The summed E-state index contributed by atoms with van der Waals surface area (Å²) in [5.41, 5.74) is 0. The molecule has 2 unspecified atom stereocenters. The number of carbonyl (C=O) groups is 2. The summed E-state index contributed by atoms with van der Waals surface area (Å²) in [6, 6.07) is -0.630. The van der Waals surface area contributed by atoms with E-state index in [1.807, 2.05) is 11.8 Å². The van der Waals surface area contributed by atoms with Crippen LogP contribution in [-0.2, 0) is 9.59 Å². The fourth-order valence-electron chi connectivity index (χ4n) is 1.72. The van der Waals surface area contributed by atoms with Crippen LogP contribution in [0.2, 0.25) is 0 Å². The molecule has 1 aliphatic rings. The van der Waals surface area contributed by atoms with Crippen LogP contribution in [0.25, 0.3) is 0 Å². The molecule has 1 rings (SSSR count). The molecule has 1 saturated heterocycles. The fourth-order valence-corrected chi connectivity index (χ4v) is 2.67. The van der Waals surface area contributed by atoms with Gasteiger partial charge >= 0.3 is 5.97 Å². The molecule has 1 amide bonds. The minimum atomic E-state index is -0.973. The molecule has 0 aromatic rings. The van der Waals surface area contributed by atoms with Crippen LogP contribution in [-0.4, -0.2) is 47.1 Å². The van der Waals surface area contributed by atoms with E-state index in [-0.39, 0.29) is 17.9 Å². The van der Waals surface area contributed by atoms with E-state index >= 15 is 0 Å². The zero-order valence-corrected chi connectivity index (χ0v) is 11.0. The van der Waals surface area contributed by atoms with Gasteiger partial charge in [-0.2, -0.15) is 11.8 Å². The van der Waals surface area contributed by atoms with Crippen molar-refractivity contribution in [3.63, 3.8) is 0 Å². The van der Waals surface area contributed by atoms with Crippen LogP contribution < -0.4 is 10.6 Å². The normalized spacial score (nSPS) is 22.2. The van der Waals surface area contributed by atoms with Gasteiger partial charge in [0.15, 0.2) is 0 Å². The molecule has 5 nitrogen and oxygen atoms in total. The van der Waals surface area contributed by atoms with E-state index in [1.165, 1.54) is 0 Å². The number of aliphatic carboxylic acids is 1. The summed E-state index contributed by atoms with van der Waals surface area (Å²) in [5, 5.41) is 14.8. The Labute approximate surface area is 106 Å². The third kappa shape index (κ3) is 4.95. The fraction of sp³-hybridized carbons (Fsp3) is 0.818. The third-order valence-corrected chi connectivity index (χ3v) is 3.81. The first kappa shape index (κ1) is 14.3. The monoisotopic (exact) mass is 260 g/mol. The lowest BCUT2D eigenvalue weighted by atomic mass is 10.0. The number of nitrogens with one attached hydrogen (secondary N) is 2. The highest BCUT2D eigenvalue weighted by Crippen LogP contribution is 2.10. The van der Waals surface area contributed by atoms with E-state index in [9.17, 15) is 9.59 Å². The maximum atomic E-state index is 11.7. The smallest absolute Gasteiger partial charge is 0.326 e. The lowest BCUT2D eigenvalue weighted by molar-refractivity contribution is -0.143. The number of hydrogen-bond donors (Lipinski definition) is 3. The molecule has 0 saturated carbocycles. The van der Waals surface area contributed by atoms with Gasteiger partial charge in [0.2, 0.25) is 5.91 Å². The maximum absolute atomic E-state index is 11.7. The summed E-state index contributed by atoms with van der Waals surface area (Å²) >= 11 is 1.82. The van der Waals surface area contributed by atoms with Gasteiger partial charge in [-0.1, -0.05) is 13.8 Å². The second kappa shape index (κ2) is 6.86. The van der Waals surface area contributed by atoms with Crippen LogP contribution in [0.4, 0.5) is 0 Å². The summed E-state index contributed by atoms with van der Waals surface area (Å²) in [6.07, 6.45) is 0.351. The number of thioether (sulfide) groups is 1. The van der Waals surface area contributed by atoms with Crippen molar-refractivity contribution < 1.29 is 14.7 Å². The molecule has 0 aromatic heterocycles. The van der Waals surface area contributed by atoms with Gasteiger partial charge in [-0.15, -0.1) is 0 Å². The van der Waals surface area contributed by atoms with Crippen molar-refractivity contribution >= 4 is 23.6 Å². The molecule has 0 radical (unpaired) electrons. The number of rotatable bonds is 5. The van der Waals surface area contributed by atoms with Crippen molar-refractivity contribution in [2.75, 3.05) is 18.1 Å². The van der Waals surface area contributed by atoms with Crippen LogP contribution in [0.5, 0.6) is 0 Å². The molecule has 0 aliphatic carbocycles. The molecule has 0 aromatic carbocycles. The molecule has 1 fully saturated rings. The van der Waals surface area contributed by atoms with Crippen LogP contribution in [0, 0.1) is 5.92 Å². The van der Waals surface area contributed by atoms with E-state index in [0.717, 1.165) is 18.1 Å². The Bertz CT molecular complexity index is 278. The number of carboxylic acid groups (broad SMARTS) is 1. The quantitative estimate of drug-likeness (QED) is 0.663. The molecule has 1 heterocycles. The second-order valence-corrected chi connectivity index (χ2v) is 5.71. The number of carbonyl (C=O) groups excluding carboxylic acids is 1. The number of amides is 1. The molecule has 2 atom stereocenters. The van der Waals surface area contributed by atoms with Crippen LogP contribution >= 0.6 is 11.8 Å². The molecule has 0 spiro atoms. The van der Waals surface area contributed by atoms with E-state index in [1.54, 1.807) is 13.8 Å². The third-order valence-electron chi connectivity index (χ3n) is 2.68. The van der Waals surface area contributed by atoms with Gasteiger partial charge in [0.25, 0.3) is 0 Å². The highest BCUT2D eigenvalue weighted by Gasteiger charge is 2.25. The summed E-state index contributed by atoms with van der Waals surface area (Å²) in [4.78, 5) is 22.6. The zero-order chi connectivity index (χ0) is 12.8. The minimum Gasteiger partial charge on any atom is -0.480 e. The highest BCUT2D eigenvalue weighted by molar-refractivity contribution is 7.99. The average molecular weight is 260 g/mol.